The highest BCUT2D eigenvalue weighted by molar-refractivity contribution is 5.99. The van der Waals surface area contributed by atoms with Crippen LogP contribution in [0.5, 0.6) is 17.2 Å². The van der Waals surface area contributed by atoms with Gasteiger partial charge in [0.25, 0.3) is 5.69 Å². The molecule has 0 aliphatic heterocycles. The van der Waals surface area contributed by atoms with Crippen LogP contribution in [0.25, 0.3) is 0 Å². The smallest absolute Gasteiger partial charge is 0.269 e. The van der Waals surface area contributed by atoms with Gasteiger partial charge in [-0.05, 0) is 36.8 Å². The molecule has 0 aliphatic carbocycles. The SMILES string of the molecule is COc1cc(/C=N/N=C(\C)c2ccc([N+](=O)[O-])cc2)cc(OC)c1OC. The second kappa shape index (κ2) is 8.61. The molecule has 2 rings (SSSR count). The first-order chi connectivity index (χ1) is 12.5. The Morgan fingerprint density at radius 1 is 1.04 bits per heavy atom. The molecule has 0 fully saturated rings. The summed E-state index contributed by atoms with van der Waals surface area (Å²) in [5, 5.41) is 18.9. The molecule has 8 nitrogen and oxygen atoms in total. The lowest BCUT2D eigenvalue weighted by Crippen LogP contribution is -1.97. The quantitative estimate of drug-likeness (QED) is 0.429. The van der Waals surface area contributed by atoms with E-state index in [1.165, 1.54) is 33.5 Å². The molecular weight excluding hydrogens is 338 g/mol. The normalized spacial score (nSPS) is 11.5. The largest absolute Gasteiger partial charge is 0.493 e. The van der Waals surface area contributed by atoms with Crippen molar-refractivity contribution in [3.8, 4) is 17.2 Å². The first kappa shape index (κ1) is 18.9. The van der Waals surface area contributed by atoms with Gasteiger partial charge in [-0.25, -0.2) is 0 Å². The van der Waals surface area contributed by atoms with Gasteiger partial charge in [-0.3, -0.25) is 10.1 Å². The van der Waals surface area contributed by atoms with Gasteiger partial charge in [0, 0.05) is 17.7 Å². The maximum absolute atomic E-state index is 10.7. The van der Waals surface area contributed by atoms with Crippen LogP contribution in [-0.4, -0.2) is 38.2 Å². The summed E-state index contributed by atoms with van der Waals surface area (Å²) < 4.78 is 15.8. The van der Waals surface area contributed by atoms with Gasteiger partial charge in [0.2, 0.25) is 5.75 Å². The number of hydrogen-bond acceptors (Lipinski definition) is 7. The number of non-ortho nitro benzene ring substituents is 1. The third kappa shape index (κ3) is 4.35. The Bertz CT molecular complexity index is 819. The summed E-state index contributed by atoms with van der Waals surface area (Å²) in [6.07, 6.45) is 1.55. The Hall–Kier alpha value is -3.42. The van der Waals surface area contributed by atoms with Crippen molar-refractivity contribution in [3.63, 3.8) is 0 Å². The number of nitrogens with zero attached hydrogens (tertiary/aromatic N) is 3. The summed E-state index contributed by atoms with van der Waals surface area (Å²) in [4.78, 5) is 10.2. The van der Waals surface area contributed by atoms with Crippen molar-refractivity contribution in [3.05, 3.63) is 57.6 Å². The molecule has 0 saturated heterocycles. The van der Waals surface area contributed by atoms with Gasteiger partial charge >= 0.3 is 0 Å². The van der Waals surface area contributed by atoms with Gasteiger partial charge in [-0.2, -0.15) is 10.2 Å². The van der Waals surface area contributed by atoms with Crippen molar-refractivity contribution >= 4 is 17.6 Å². The zero-order valence-corrected chi connectivity index (χ0v) is 14.9. The van der Waals surface area contributed by atoms with Gasteiger partial charge in [0.05, 0.1) is 38.2 Å². The maximum Gasteiger partial charge on any atom is 0.269 e. The minimum atomic E-state index is -0.446. The van der Waals surface area contributed by atoms with Crippen molar-refractivity contribution in [1.82, 2.24) is 0 Å². The zero-order chi connectivity index (χ0) is 19.1. The van der Waals surface area contributed by atoms with Crippen molar-refractivity contribution in [2.75, 3.05) is 21.3 Å². The van der Waals surface area contributed by atoms with E-state index in [0.29, 0.717) is 23.0 Å². The monoisotopic (exact) mass is 357 g/mol. The van der Waals surface area contributed by atoms with E-state index in [-0.39, 0.29) is 5.69 Å². The van der Waals surface area contributed by atoms with E-state index in [1.54, 1.807) is 37.4 Å². The van der Waals surface area contributed by atoms with E-state index >= 15 is 0 Å². The fraction of sp³-hybridized carbons (Fsp3) is 0.222. The second-order valence-electron chi connectivity index (χ2n) is 5.19. The van der Waals surface area contributed by atoms with Crippen LogP contribution >= 0.6 is 0 Å². The molecule has 0 spiro atoms. The van der Waals surface area contributed by atoms with E-state index in [0.717, 1.165) is 11.1 Å². The van der Waals surface area contributed by atoms with Crippen molar-refractivity contribution < 1.29 is 19.1 Å². The molecule has 0 amide bonds. The molecular formula is C18H19N3O5. The summed E-state index contributed by atoms with van der Waals surface area (Å²) in [5.41, 5.74) is 2.13. The first-order valence-electron chi connectivity index (χ1n) is 7.62. The van der Waals surface area contributed by atoms with Crippen LogP contribution in [0.1, 0.15) is 18.1 Å². The topological polar surface area (TPSA) is 95.6 Å². The van der Waals surface area contributed by atoms with E-state index in [1.807, 2.05) is 0 Å². The molecule has 0 aliphatic rings. The Labute approximate surface area is 150 Å². The van der Waals surface area contributed by atoms with Crippen molar-refractivity contribution in [2.24, 2.45) is 10.2 Å². The lowest BCUT2D eigenvalue weighted by Gasteiger charge is -2.12. The van der Waals surface area contributed by atoms with E-state index < -0.39 is 4.92 Å². The van der Waals surface area contributed by atoms with Gasteiger partial charge in [-0.1, -0.05) is 0 Å². The lowest BCUT2D eigenvalue weighted by atomic mass is 10.1. The van der Waals surface area contributed by atoms with E-state index in [2.05, 4.69) is 10.2 Å². The summed E-state index contributed by atoms with van der Waals surface area (Å²) >= 11 is 0. The van der Waals surface area contributed by atoms with Crippen molar-refractivity contribution in [2.45, 2.75) is 6.92 Å². The Morgan fingerprint density at radius 2 is 1.62 bits per heavy atom. The summed E-state index contributed by atoms with van der Waals surface area (Å²) in [5.74, 6) is 1.53. The van der Waals surface area contributed by atoms with Crippen LogP contribution in [-0.2, 0) is 0 Å². The number of methoxy groups -OCH3 is 3. The number of hydrogen-bond donors (Lipinski definition) is 0. The molecule has 0 aromatic heterocycles. The van der Waals surface area contributed by atoms with Crippen LogP contribution in [0.4, 0.5) is 5.69 Å². The highest BCUT2D eigenvalue weighted by Gasteiger charge is 2.12. The predicted octanol–water partition coefficient (Wildman–Crippen LogP) is 3.46. The number of ether oxygens (including phenoxy) is 3. The van der Waals surface area contributed by atoms with E-state index in [4.69, 9.17) is 14.2 Å². The first-order valence-corrected chi connectivity index (χ1v) is 7.62. The summed E-state index contributed by atoms with van der Waals surface area (Å²) in [6, 6.07) is 9.62. The summed E-state index contributed by atoms with van der Waals surface area (Å²) in [6.45, 7) is 1.77. The Kier molecular flexibility index (Phi) is 6.26. The van der Waals surface area contributed by atoms with E-state index in [9.17, 15) is 10.1 Å². The average molecular weight is 357 g/mol. The third-order valence-corrected chi connectivity index (χ3v) is 3.60. The molecule has 0 bridgehead atoms. The molecule has 136 valence electrons. The Balaban J connectivity index is 2.23. The third-order valence-electron chi connectivity index (χ3n) is 3.60. The maximum atomic E-state index is 10.7. The highest BCUT2D eigenvalue weighted by atomic mass is 16.6. The minimum absolute atomic E-state index is 0.0301. The van der Waals surface area contributed by atoms with Gasteiger partial charge in [0.15, 0.2) is 11.5 Å². The standard InChI is InChI=1S/C18H19N3O5/c1-12(14-5-7-15(8-6-14)21(22)23)20-19-11-13-9-16(24-2)18(26-4)17(10-13)25-3/h5-11H,1-4H3/b19-11+,20-12+. The van der Waals surface area contributed by atoms with Crippen LogP contribution < -0.4 is 14.2 Å². The zero-order valence-electron chi connectivity index (χ0n) is 14.9. The molecule has 0 atom stereocenters. The van der Waals surface area contributed by atoms with Crippen LogP contribution in [0, 0.1) is 10.1 Å². The van der Waals surface area contributed by atoms with Crippen LogP contribution in [0.3, 0.4) is 0 Å². The van der Waals surface area contributed by atoms with Crippen LogP contribution in [0.2, 0.25) is 0 Å². The fourth-order valence-electron chi connectivity index (χ4n) is 2.24. The lowest BCUT2D eigenvalue weighted by molar-refractivity contribution is -0.384. The highest BCUT2D eigenvalue weighted by Crippen LogP contribution is 2.37. The average Bonchev–Trinajstić information content (AvgIpc) is 2.66. The molecule has 2 aromatic carbocycles. The fourth-order valence-corrected chi connectivity index (χ4v) is 2.24. The minimum Gasteiger partial charge on any atom is -0.493 e. The second-order valence-corrected chi connectivity index (χ2v) is 5.19. The van der Waals surface area contributed by atoms with Gasteiger partial charge in [0.1, 0.15) is 0 Å². The summed E-state index contributed by atoms with van der Waals surface area (Å²) in [7, 11) is 4.61. The number of nitro benzene ring substituents is 1. The Morgan fingerprint density at radius 3 is 2.08 bits per heavy atom. The van der Waals surface area contributed by atoms with Crippen LogP contribution in [0.15, 0.2) is 46.6 Å². The molecule has 0 N–H and O–H groups in total. The molecule has 0 unspecified atom stereocenters. The number of benzene rings is 2. The molecule has 26 heavy (non-hydrogen) atoms. The number of nitro groups is 1. The van der Waals surface area contributed by atoms with Gasteiger partial charge in [-0.15, -0.1) is 0 Å². The molecule has 0 heterocycles. The molecule has 0 radical (unpaired) electrons. The van der Waals surface area contributed by atoms with Crippen molar-refractivity contribution in [1.29, 1.82) is 0 Å². The molecule has 2 aromatic rings. The predicted molar refractivity (Wildman–Crippen MR) is 99.0 cm³/mol. The molecule has 8 heteroatoms. The van der Waals surface area contributed by atoms with Gasteiger partial charge < -0.3 is 14.2 Å². The number of rotatable bonds is 7. The molecule has 0 saturated carbocycles.